The van der Waals surface area contributed by atoms with Gasteiger partial charge in [-0.15, -0.1) is 0 Å². The zero-order valence-corrected chi connectivity index (χ0v) is 6.22. The molecule has 5 heavy (non-hydrogen) atoms. The second kappa shape index (κ2) is 9.10. The molecule has 0 aliphatic rings. The van der Waals surface area contributed by atoms with Crippen molar-refractivity contribution in [2.24, 2.45) is 0 Å². The molecule has 0 spiro atoms. The van der Waals surface area contributed by atoms with Crippen LogP contribution < -0.4 is 56.9 Å². The molecule has 0 aliphatic heterocycles. The maximum atomic E-state index is 7.51. The first-order chi connectivity index (χ1) is 1.91. The zero-order valence-electron chi connectivity index (χ0n) is 4.10. The van der Waals surface area contributed by atoms with E-state index >= 15 is 0 Å². The minimum Gasteiger partial charge on any atom is -1.00 e. The number of nitrogens with one attached hydrogen (secondary N) is 1. The van der Waals surface area contributed by atoms with Crippen LogP contribution in [-0.4, -0.2) is 17.0 Å². The zero-order chi connectivity index (χ0) is 3.41. The van der Waals surface area contributed by atoms with Gasteiger partial charge in [0.05, 0.1) is 0 Å². The molecule has 0 aromatic heterocycles. The molecule has 0 amide bonds. The Bertz CT molecular complexity index is 15.5. The summed E-state index contributed by atoms with van der Waals surface area (Å²) in [5.41, 5.74) is 1.49. The van der Waals surface area contributed by atoms with E-state index in [1.165, 1.54) is 5.48 Å². The van der Waals surface area contributed by atoms with Crippen LogP contribution in [0.25, 0.3) is 0 Å². The van der Waals surface area contributed by atoms with Crippen molar-refractivity contribution in [1.29, 1.82) is 0 Å². The van der Waals surface area contributed by atoms with E-state index < -0.39 is 0 Å². The average molecular weight is 103 g/mol. The molecule has 0 aromatic carbocycles. The second-order valence-corrected chi connectivity index (χ2v) is 0.316. The summed E-state index contributed by atoms with van der Waals surface area (Å²) in [6, 6.07) is 0. The van der Waals surface area contributed by atoms with Crippen LogP contribution in [0, 0.1) is 0 Å². The van der Waals surface area contributed by atoms with E-state index in [4.69, 9.17) is 10.3 Å². The van der Waals surface area contributed by atoms with Crippen molar-refractivity contribution in [3.05, 3.63) is 0 Å². The molecule has 0 saturated carbocycles. The van der Waals surface area contributed by atoms with Gasteiger partial charge in [0.15, 0.2) is 0 Å². The number of hydrogen-bond acceptors (Lipinski definition) is 3. The van der Waals surface area contributed by atoms with E-state index in [9.17, 15) is 0 Å². The van der Waals surface area contributed by atoms with Crippen molar-refractivity contribution >= 4 is 0 Å². The first kappa shape index (κ1) is 9.72. The molecule has 0 bridgehead atoms. The molecule has 3 N–H and O–H groups in total. The van der Waals surface area contributed by atoms with Crippen LogP contribution in [0.3, 0.4) is 0 Å². The van der Waals surface area contributed by atoms with E-state index in [-0.39, 0.29) is 59.5 Å². The van der Waals surface area contributed by atoms with Crippen molar-refractivity contribution in [2.75, 3.05) is 6.73 Å². The minimum atomic E-state index is -0.375. The molecule has 0 aromatic rings. The Balaban J connectivity index is -0.0000000450. The summed E-state index contributed by atoms with van der Waals surface area (Å²) in [7, 11) is 0. The van der Waals surface area contributed by atoms with Gasteiger partial charge in [-0.25, -0.2) is 0 Å². The van der Waals surface area contributed by atoms with Gasteiger partial charge in [0.25, 0.3) is 0 Å². The van der Waals surface area contributed by atoms with Gasteiger partial charge in [-0.05, 0) is 0 Å². The van der Waals surface area contributed by atoms with E-state index in [1.807, 2.05) is 0 Å². The quantitative estimate of drug-likeness (QED) is 0.180. The molecule has 0 aliphatic carbocycles. The topological polar surface area (TPSA) is 52.5 Å². The van der Waals surface area contributed by atoms with Gasteiger partial charge in [-0.1, -0.05) is 0 Å². The summed E-state index contributed by atoms with van der Waals surface area (Å²) in [5.74, 6) is 0. The summed E-state index contributed by atoms with van der Waals surface area (Å²) in [6.45, 7) is -0.375. The third-order valence-corrected chi connectivity index (χ3v) is 0.0707. The van der Waals surface area contributed by atoms with Crippen molar-refractivity contribution in [2.45, 2.75) is 0 Å². The smallest absolute Gasteiger partial charge is 1.00 e. The van der Waals surface area contributed by atoms with Gasteiger partial charge in [0, 0.05) is 0 Å². The standard InChI is InChI=1S/CH5NO2.K.H/c3-1-2-4;;/h2-4H,1H2;;/q;+1;-1. The number of hydroxylamine groups is 1. The van der Waals surface area contributed by atoms with Crippen molar-refractivity contribution < 1.29 is 63.1 Å². The number of hydrogen-bond donors (Lipinski definition) is 3. The molecule has 0 saturated heterocycles. The Kier molecular flexibility index (Phi) is 17.7. The van der Waals surface area contributed by atoms with E-state index in [1.54, 1.807) is 0 Å². The molecular weight excluding hydrogens is 97.1 g/mol. The average Bonchev–Trinajstić information content (AvgIpc) is 1.37. The summed E-state index contributed by atoms with van der Waals surface area (Å²) in [4.78, 5) is 0. The fourth-order valence-electron chi connectivity index (χ4n) is 0. The van der Waals surface area contributed by atoms with Gasteiger partial charge in [0.1, 0.15) is 6.73 Å². The third-order valence-electron chi connectivity index (χ3n) is 0.0707. The molecule has 0 heterocycles. The van der Waals surface area contributed by atoms with Gasteiger partial charge < -0.3 is 11.7 Å². The van der Waals surface area contributed by atoms with Crippen LogP contribution >= 0.6 is 0 Å². The maximum absolute atomic E-state index is 7.51. The molecule has 0 unspecified atom stereocenters. The Morgan fingerprint density at radius 3 is 2.00 bits per heavy atom. The molecule has 28 valence electrons. The summed E-state index contributed by atoms with van der Waals surface area (Å²) in [6.07, 6.45) is 0. The van der Waals surface area contributed by atoms with Crippen molar-refractivity contribution in [1.82, 2.24) is 5.48 Å². The summed E-state index contributed by atoms with van der Waals surface area (Å²) >= 11 is 0. The van der Waals surface area contributed by atoms with Crippen LogP contribution in [0.15, 0.2) is 0 Å². The minimum absolute atomic E-state index is 0. The maximum Gasteiger partial charge on any atom is 1.00 e. The Morgan fingerprint density at radius 1 is 1.80 bits per heavy atom. The summed E-state index contributed by atoms with van der Waals surface area (Å²) in [5, 5.41) is 14.9. The van der Waals surface area contributed by atoms with Crippen LogP contribution in [0.4, 0.5) is 0 Å². The monoisotopic (exact) mass is 103 g/mol. The van der Waals surface area contributed by atoms with Gasteiger partial charge in [-0.2, -0.15) is 5.48 Å². The molecule has 0 radical (unpaired) electrons. The molecule has 0 atom stereocenters. The Labute approximate surface area is 74.2 Å². The predicted molar refractivity (Wildman–Crippen MR) is 13.1 cm³/mol. The fraction of sp³-hybridized carbons (Fsp3) is 1.00. The van der Waals surface area contributed by atoms with Crippen LogP contribution in [0.5, 0.6) is 0 Å². The molecule has 0 rings (SSSR count). The third kappa shape index (κ3) is 10.8. The number of aliphatic hydroxyl groups is 1. The SMILES string of the molecule is OCNO.[H-].[K+]. The normalized spacial score (nSPS) is 6.00. The molecular formula is CH6KNO2. The van der Waals surface area contributed by atoms with E-state index in [2.05, 4.69) is 0 Å². The molecule has 3 nitrogen and oxygen atoms in total. The van der Waals surface area contributed by atoms with Crippen LogP contribution in [0.1, 0.15) is 1.43 Å². The van der Waals surface area contributed by atoms with Gasteiger partial charge in [0.2, 0.25) is 0 Å². The van der Waals surface area contributed by atoms with Crippen molar-refractivity contribution in [3.63, 3.8) is 0 Å². The number of rotatable bonds is 1. The van der Waals surface area contributed by atoms with E-state index in [0.717, 1.165) is 0 Å². The Hall–Kier alpha value is 1.52. The van der Waals surface area contributed by atoms with Gasteiger partial charge in [-0.3, -0.25) is 0 Å². The number of aliphatic hydroxyl groups excluding tert-OH is 1. The fourth-order valence-corrected chi connectivity index (χ4v) is 0. The summed E-state index contributed by atoms with van der Waals surface area (Å²) < 4.78 is 0. The molecule has 0 fully saturated rings. The van der Waals surface area contributed by atoms with Crippen LogP contribution in [0.2, 0.25) is 0 Å². The second-order valence-electron chi connectivity index (χ2n) is 0.316. The Morgan fingerprint density at radius 2 is 2.00 bits per heavy atom. The van der Waals surface area contributed by atoms with Crippen molar-refractivity contribution in [3.8, 4) is 0 Å². The van der Waals surface area contributed by atoms with Crippen LogP contribution in [-0.2, 0) is 0 Å². The largest absolute Gasteiger partial charge is 1.00 e. The molecule has 4 heteroatoms. The predicted octanol–water partition coefficient (Wildman–Crippen LogP) is -3.97. The van der Waals surface area contributed by atoms with E-state index in [0.29, 0.717) is 0 Å². The first-order valence-corrected chi connectivity index (χ1v) is 0.893. The first-order valence-electron chi connectivity index (χ1n) is 0.893. The van der Waals surface area contributed by atoms with Gasteiger partial charge >= 0.3 is 51.4 Å².